The normalized spacial score (nSPS) is 13.6. The molecule has 0 bridgehead atoms. The number of halogens is 3. The molecule has 1 aromatic rings. The molecule has 0 aromatic carbocycles. The molecule has 1 heterocycles. The fourth-order valence-electron chi connectivity index (χ4n) is 0.888. The lowest BCUT2D eigenvalue weighted by atomic mass is 10.3. The third kappa shape index (κ3) is 2.84. The van der Waals surface area contributed by atoms with Crippen molar-refractivity contribution in [3.63, 3.8) is 0 Å². The number of nitrogens with zero attached hydrogens (tertiary/aromatic N) is 1. The molecule has 1 rings (SSSR count). The number of ether oxygens (including phenoxy) is 1. The minimum Gasteiger partial charge on any atom is -0.449 e. The number of hydrogen-bond acceptors (Lipinski definition) is 5. The summed E-state index contributed by atoms with van der Waals surface area (Å²) in [6.07, 6.45) is -6.72. The van der Waals surface area contributed by atoms with E-state index in [9.17, 15) is 18.0 Å². The van der Waals surface area contributed by atoms with Crippen LogP contribution in [0, 0.1) is 6.92 Å². The zero-order valence-electron chi connectivity index (χ0n) is 8.46. The Morgan fingerprint density at radius 3 is 2.50 bits per heavy atom. The summed E-state index contributed by atoms with van der Waals surface area (Å²) < 4.78 is 40.6. The molecule has 0 radical (unpaired) electrons. The van der Waals surface area contributed by atoms with E-state index < -0.39 is 18.2 Å². The molecule has 2 N–H and O–H groups in total. The van der Waals surface area contributed by atoms with E-state index in [1.807, 2.05) is 0 Å². The second kappa shape index (κ2) is 4.28. The molecule has 1 unspecified atom stereocenters. The van der Waals surface area contributed by atoms with Crippen molar-refractivity contribution >= 4 is 22.4 Å². The molecular formula is C8H9F3N2O2S. The van der Waals surface area contributed by atoms with Crippen LogP contribution in [0.1, 0.15) is 22.3 Å². The van der Waals surface area contributed by atoms with Crippen LogP contribution in [0.3, 0.4) is 0 Å². The summed E-state index contributed by atoms with van der Waals surface area (Å²) in [6, 6.07) is 0. The topological polar surface area (TPSA) is 65.2 Å². The molecular weight excluding hydrogens is 245 g/mol. The maximum absolute atomic E-state index is 12.1. The van der Waals surface area contributed by atoms with Gasteiger partial charge in [0.1, 0.15) is 4.88 Å². The molecule has 8 heteroatoms. The van der Waals surface area contributed by atoms with Gasteiger partial charge >= 0.3 is 12.1 Å². The van der Waals surface area contributed by atoms with Crippen LogP contribution >= 0.6 is 11.3 Å². The summed E-state index contributed by atoms with van der Waals surface area (Å²) in [4.78, 5) is 15.0. The minimum absolute atomic E-state index is 0.00593. The maximum Gasteiger partial charge on any atom is 0.425 e. The van der Waals surface area contributed by atoms with Crippen LogP contribution in [0.25, 0.3) is 0 Å². The number of carbonyl (C=O) groups is 1. The fourth-order valence-corrected chi connectivity index (χ4v) is 1.60. The highest BCUT2D eigenvalue weighted by molar-refractivity contribution is 7.17. The first kappa shape index (κ1) is 12.8. The van der Waals surface area contributed by atoms with E-state index in [0.29, 0.717) is 0 Å². The first-order valence-electron chi connectivity index (χ1n) is 4.22. The summed E-state index contributed by atoms with van der Waals surface area (Å²) in [6.45, 7) is 2.24. The number of nitrogen functional groups attached to an aromatic ring is 1. The third-order valence-corrected chi connectivity index (χ3v) is 2.71. The van der Waals surface area contributed by atoms with Crippen LogP contribution in [0.4, 0.5) is 18.3 Å². The Morgan fingerprint density at radius 2 is 2.12 bits per heavy atom. The molecule has 4 nitrogen and oxygen atoms in total. The lowest BCUT2D eigenvalue weighted by Crippen LogP contribution is -2.30. The van der Waals surface area contributed by atoms with Gasteiger partial charge in [0.2, 0.25) is 0 Å². The number of esters is 1. The molecule has 1 aromatic heterocycles. The van der Waals surface area contributed by atoms with Gasteiger partial charge in [-0.3, -0.25) is 0 Å². The molecule has 0 amide bonds. The van der Waals surface area contributed by atoms with Crippen molar-refractivity contribution in [1.29, 1.82) is 0 Å². The summed E-state index contributed by atoms with van der Waals surface area (Å²) in [7, 11) is 0. The Hall–Kier alpha value is -1.31. The van der Waals surface area contributed by atoms with Crippen LogP contribution in [-0.2, 0) is 4.74 Å². The quantitative estimate of drug-likeness (QED) is 0.821. The zero-order valence-corrected chi connectivity index (χ0v) is 9.28. The van der Waals surface area contributed by atoms with Gasteiger partial charge in [0.15, 0.2) is 11.2 Å². The smallest absolute Gasteiger partial charge is 0.425 e. The Morgan fingerprint density at radius 1 is 1.56 bits per heavy atom. The summed E-state index contributed by atoms with van der Waals surface area (Å²) in [5.41, 5.74) is 5.58. The highest BCUT2D eigenvalue weighted by Crippen LogP contribution is 2.26. The van der Waals surface area contributed by atoms with Crippen molar-refractivity contribution < 1.29 is 22.7 Å². The molecule has 0 spiro atoms. The Labute approximate surface area is 93.2 Å². The van der Waals surface area contributed by atoms with Crippen LogP contribution in [0.5, 0.6) is 0 Å². The van der Waals surface area contributed by atoms with Crippen LogP contribution in [0.15, 0.2) is 0 Å². The summed E-state index contributed by atoms with van der Waals surface area (Å²) in [5, 5.41) is 0.115. The van der Waals surface area contributed by atoms with Crippen LogP contribution < -0.4 is 5.73 Å². The predicted octanol–water partition coefficient (Wildman–Crippen LogP) is 2.14. The van der Waals surface area contributed by atoms with Crippen molar-refractivity contribution in [3.8, 4) is 0 Å². The van der Waals surface area contributed by atoms with Crippen LogP contribution in [0.2, 0.25) is 0 Å². The molecule has 0 fully saturated rings. The van der Waals surface area contributed by atoms with Crippen molar-refractivity contribution in [2.45, 2.75) is 26.1 Å². The largest absolute Gasteiger partial charge is 0.449 e. The van der Waals surface area contributed by atoms with E-state index in [2.05, 4.69) is 9.72 Å². The SMILES string of the molecule is Cc1nc(N)sc1C(=O)OC(C)C(F)(F)F. The highest BCUT2D eigenvalue weighted by atomic mass is 32.1. The standard InChI is InChI=1S/C8H9F3N2O2S/c1-3-5(16-7(12)13-3)6(14)15-4(2)8(9,10)11/h4H,1-2H3,(H2,12,13). The predicted molar refractivity (Wildman–Crippen MR) is 52.2 cm³/mol. The zero-order chi connectivity index (χ0) is 12.5. The van der Waals surface area contributed by atoms with Gasteiger partial charge in [0.05, 0.1) is 5.69 Å². The Balaban J connectivity index is 2.77. The summed E-state index contributed by atoms with van der Waals surface area (Å²) in [5.74, 6) is -1.06. The molecule has 0 saturated carbocycles. The second-order valence-electron chi connectivity index (χ2n) is 3.06. The maximum atomic E-state index is 12.1. The number of aryl methyl sites for hydroxylation is 1. The van der Waals surface area contributed by atoms with Gasteiger partial charge in [-0.1, -0.05) is 11.3 Å². The van der Waals surface area contributed by atoms with Crippen molar-refractivity contribution in [2.75, 3.05) is 5.73 Å². The number of thiazole rings is 1. The van der Waals surface area contributed by atoms with E-state index in [-0.39, 0.29) is 15.7 Å². The molecule has 0 aliphatic heterocycles. The average Bonchev–Trinajstić information content (AvgIpc) is 2.43. The first-order chi connectivity index (χ1) is 7.21. The molecule has 0 saturated heterocycles. The molecule has 0 aliphatic rings. The Bertz CT molecular complexity index is 402. The first-order valence-corrected chi connectivity index (χ1v) is 5.04. The van der Waals surface area contributed by atoms with Gasteiger partial charge in [0, 0.05) is 0 Å². The number of hydrogen-bond donors (Lipinski definition) is 1. The third-order valence-electron chi connectivity index (χ3n) is 1.74. The lowest BCUT2D eigenvalue weighted by Gasteiger charge is -2.15. The fraction of sp³-hybridized carbons (Fsp3) is 0.500. The number of carbonyl (C=O) groups excluding carboxylic acids is 1. The van der Waals surface area contributed by atoms with Crippen molar-refractivity contribution in [1.82, 2.24) is 4.98 Å². The van der Waals surface area contributed by atoms with E-state index in [0.717, 1.165) is 18.3 Å². The molecule has 0 aliphatic carbocycles. The van der Waals surface area contributed by atoms with E-state index in [4.69, 9.17) is 5.73 Å². The van der Waals surface area contributed by atoms with Gasteiger partial charge < -0.3 is 10.5 Å². The number of anilines is 1. The number of nitrogens with two attached hydrogens (primary N) is 1. The van der Waals surface area contributed by atoms with Gasteiger partial charge in [-0.25, -0.2) is 9.78 Å². The molecule has 16 heavy (non-hydrogen) atoms. The monoisotopic (exact) mass is 254 g/mol. The van der Waals surface area contributed by atoms with Crippen LogP contribution in [-0.4, -0.2) is 23.2 Å². The van der Waals surface area contributed by atoms with E-state index >= 15 is 0 Å². The van der Waals surface area contributed by atoms with Gasteiger partial charge in [0.25, 0.3) is 0 Å². The van der Waals surface area contributed by atoms with E-state index in [1.54, 1.807) is 0 Å². The Kier molecular flexibility index (Phi) is 3.41. The van der Waals surface area contributed by atoms with Gasteiger partial charge in [-0.15, -0.1) is 0 Å². The second-order valence-corrected chi connectivity index (χ2v) is 4.09. The summed E-state index contributed by atoms with van der Waals surface area (Å²) >= 11 is 0.800. The van der Waals surface area contributed by atoms with Crippen molar-refractivity contribution in [3.05, 3.63) is 10.6 Å². The molecule has 1 atom stereocenters. The number of rotatable bonds is 2. The van der Waals surface area contributed by atoms with E-state index in [1.165, 1.54) is 6.92 Å². The minimum atomic E-state index is -4.57. The molecule has 90 valence electrons. The highest BCUT2D eigenvalue weighted by Gasteiger charge is 2.39. The van der Waals surface area contributed by atoms with Gasteiger partial charge in [-0.05, 0) is 13.8 Å². The lowest BCUT2D eigenvalue weighted by molar-refractivity contribution is -0.198. The van der Waals surface area contributed by atoms with Gasteiger partial charge in [-0.2, -0.15) is 13.2 Å². The number of aromatic nitrogens is 1. The van der Waals surface area contributed by atoms with Crippen molar-refractivity contribution in [2.24, 2.45) is 0 Å². The average molecular weight is 254 g/mol. The number of alkyl halides is 3.